The number of benzene rings is 1. The van der Waals surface area contributed by atoms with Crippen LogP contribution in [0.3, 0.4) is 0 Å². The highest BCUT2D eigenvalue weighted by Gasteiger charge is 2.35. The topological polar surface area (TPSA) is 93.2 Å². The number of carbonyl (C=O) groups excluding carboxylic acids is 2. The Morgan fingerprint density at radius 2 is 1.87 bits per heavy atom. The molecule has 1 amide bonds. The summed E-state index contributed by atoms with van der Waals surface area (Å²) in [5.74, 6) is -2.12. The summed E-state index contributed by atoms with van der Waals surface area (Å²) in [5.41, 5.74) is 0.0618. The summed E-state index contributed by atoms with van der Waals surface area (Å²) in [6.45, 7) is 1.05. The third-order valence-corrected chi connectivity index (χ3v) is 6.35. The zero-order chi connectivity index (χ0) is 22.5. The molecule has 8 nitrogen and oxygen atoms in total. The van der Waals surface area contributed by atoms with Crippen LogP contribution in [0.4, 0.5) is 13.2 Å². The summed E-state index contributed by atoms with van der Waals surface area (Å²) in [4.78, 5) is 24.5. The first kappa shape index (κ1) is 24.1. The summed E-state index contributed by atoms with van der Waals surface area (Å²) >= 11 is 0. The van der Waals surface area contributed by atoms with Crippen molar-refractivity contribution in [1.82, 2.24) is 9.21 Å². The average Bonchev–Trinajstić information content (AvgIpc) is 2.67. The smallest absolute Gasteiger partial charge is 0.406 e. The molecular formula is C18H23F3N2O6S. The molecule has 12 heteroatoms. The molecule has 0 aliphatic carbocycles. The van der Waals surface area contributed by atoms with Crippen molar-refractivity contribution in [1.29, 1.82) is 0 Å². The van der Waals surface area contributed by atoms with E-state index in [1.54, 1.807) is 0 Å². The van der Waals surface area contributed by atoms with Crippen molar-refractivity contribution in [2.24, 2.45) is 0 Å². The molecule has 0 bridgehead atoms. The molecule has 1 fully saturated rings. The van der Waals surface area contributed by atoms with Crippen molar-refractivity contribution in [3.63, 3.8) is 0 Å². The van der Waals surface area contributed by atoms with E-state index in [1.165, 1.54) is 30.3 Å². The number of amides is 1. The summed E-state index contributed by atoms with van der Waals surface area (Å²) < 4.78 is 75.6. The highest BCUT2D eigenvalue weighted by molar-refractivity contribution is 7.89. The van der Waals surface area contributed by atoms with E-state index in [1.807, 2.05) is 0 Å². The highest BCUT2D eigenvalue weighted by Crippen LogP contribution is 2.24. The van der Waals surface area contributed by atoms with E-state index in [9.17, 15) is 31.2 Å². The second kappa shape index (κ2) is 9.75. The molecule has 0 spiro atoms. The van der Waals surface area contributed by atoms with Gasteiger partial charge in [-0.15, -0.1) is 0 Å². The van der Waals surface area contributed by atoms with Gasteiger partial charge in [0.15, 0.2) is 0 Å². The van der Waals surface area contributed by atoms with Crippen LogP contribution in [0.15, 0.2) is 23.1 Å². The number of aryl methyl sites for hydroxylation is 1. The molecule has 1 aromatic carbocycles. The molecule has 0 radical (unpaired) electrons. The molecule has 2 rings (SSSR count). The van der Waals surface area contributed by atoms with Crippen LogP contribution in [0.2, 0.25) is 0 Å². The molecule has 1 aliphatic heterocycles. The van der Waals surface area contributed by atoms with Gasteiger partial charge in [0.2, 0.25) is 10.0 Å². The standard InChI is InChI=1S/C18H23F3N2O6S/c1-3-29-16(24)11-22(12-18(19,20)21)17(25)14-5-4-13(2)15(10-14)30(26,27)23-6-8-28-9-7-23/h4-5,10H,3,6-9,11-12H2,1-2H3. The summed E-state index contributed by atoms with van der Waals surface area (Å²) in [6.07, 6.45) is -4.75. The van der Waals surface area contributed by atoms with E-state index in [4.69, 9.17) is 4.74 Å². The molecular weight excluding hydrogens is 429 g/mol. The first-order valence-electron chi connectivity index (χ1n) is 9.16. The van der Waals surface area contributed by atoms with Crippen molar-refractivity contribution in [3.8, 4) is 0 Å². The fourth-order valence-electron chi connectivity index (χ4n) is 2.90. The fourth-order valence-corrected chi connectivity index (χ4v) is 4.56. The Balaban J connectivity index is 2.37. The zero-order valence-electron chi connectivity index (χ0n) is 16.6. The number of rotatable bonds is 7. The van der Waals surface area contributed by atoms with Gasteiger partial charge in [-0.2, -0.15) is 17.5 Å². The van der Waals surface area contributed by atoms with Gasteiger partial charge in [0.05, 0.1) is 24.7 Å². The zero-order valence-corrected chi connectivity index (χ0v) is 17.4. The normalized spacial score (nSPS) is 15.6. The quantitative estimate of drug-likeness (QED) is 0.584. The largest absolute Gasteiger partial charge is 0.465 e. The predicted octanol–water partition coefficient (Wildman–Crippen LogP) is 1.58. The first-order chi connectivity index (χ1) is 14.0. The molecule has 1 saturated heterocycles. The van der Waals surface area contributed by atoms with Gasteiger partial charge in [-0.1, -0.05) is 6.07 Å². The van der Waals surface area contributed by atoms with Gasteiger partial charge in [0, 0.05) is 18.7 Å². The molecule has 0 atom stereocenters. The summed E-state index contributed by atoms with van der Waals surface area (Å²) in [5, 5.41) is 0. The van der Waals surface area contributed by atoms with Crippen LogP contribution in [0, 0.1) is 6.92 Å². The molecule has 1 aromatic rings. The van der Waals surface area contributed by atoms with E-state index in [0.29, 0.717) is 5.56 Å². The maximum absolute atomic E-state index is 12.9. The second-order valence-electron chi connectivity index (χ2n) is 6.58. The summed E-state index contributed by atoms with van der Waals surface area (Å²) in [7, 11) is -3.97. The van der Waals surface area contributed by atoms with Gasteiger partial charge in [0.25, 0.3) is 5.91 Å². The number of morpholine rings is 1. The Bertz CT molecular complexity index is 882. The monoisotopic (exact) mass is 452 g/mol. The Hall–Kier alpha value is -2.18. The van der Waals surface area contributed by atoms with E-state index in [2.05, 4.69) is 4.74 Å². The van der Waals surface area contributed by atoms with Gasteiger partial charge in [-0.3, -0.25) is 9.59 Å². The van der Waals surface area contributed by atoms with Crippen molar-refractivity contribution in [3.05, 3.63) is 29.3 Å². The van der Waals surface area contributed by atoms with E-state index < -0.39 is 41.2 Å². The Kier molecular flexibility index (Phi) is 7.83. The van der Waals surface area contributed by atoms with Gasteiger partial charge >= 0.3 is 12.1 Å². The van der Waals surface area contributed by atoms with Crippen LogP contribution in [-0.4, -0.2) is 81.7 Å². The third-order valence-electron chi connectivity index (χ3n) is 4.31. The van der Waals surface area contributed by atoms with Gasteiger partial charge in [0.1, 0.15) is 13.1 Å². The molecule has 1 aliphatic rings. The first-order valence-corrected chi connectivity index (χ1v) is 10.6. The Morgan fingerprint density at radius 3 is 2.43 bits per heavy atom. The number of hydrogen-bond acceptors (Lipinski definition) is 6. The maximum Gasteiger partial charge on any atom is 0.406 e. The van der Waals surface area contributed by atoms with Crippen molar-refractivity contribution >= 4 is 21.9 Å². The van der Waals surface area contributed by atoms with E-state index in [-0.39, 0.29) is 48.3 Å². The minimum atomic E-state index is -4.75. The summed E-state index contributed by atoms with van der Waals surface area (Å²) in [6, 6.07) is 3.61. The SMILES string of the molecule is CCOC(=O)CN(CC(F)(F)F)C(=O)c1ccc(C)c(S(=O)(=O)N2CCOCC2)c1. The van der Waals surface area contributed by atoms with Crippen LogP contribution in [0.25, 0.3) is 0 Å². The fraction of sp³-hybridized carbons (Fsp3) is 0.556. The number of carbonyl (C=O) groups is 2. The Labute approximate surface area is 172 Å². The molecule has 0 N–H and O–H groups in total. The number of halogens is 3. The van der Waals surface area contributed by atoms with Gasteiger partial charge in [-0.05, 0) is 31.5 Å². The lowest BCUT2D eigenvalue weighted by Crippen LogP contribution is -2.43. The van der Waals surface area contributed by atoms with E-state index in [0.717, 1.165) is 6.07 Å². The van der Waals surface area contributed by atoms with Crippen molar-refractivity contribution in [2.75, 3.05) is 46.0 Å². The average molecular weight is 452 g/mol. The van der Waals surface area contributed by atoms with Crippen LogP contribution in [0.5, 0.6) is 0 Å². The van der Waals surface area contributed by atoms with Gasteiger partial charge in [-0.25, -0.2) is 8.42 Å². The van der Waals surface area contributed by atoms with E-state index >= 15 is 0 Å². The third kappa shape index (κ3) is 6.16. The molecule has 0 saturated carbocycles. The second-order valence-corrected chi connectivity index (χ2v) is 8.48. The van der Waals surface area contributed by atoms with Gasteiger partial charge < -0.3 is 14.4 Å². The van der Waals surface area contributed by atoms with Crippen LogP contribution in [0.1, 0.15) is 22.8 Å². The van der Waals surface area contributed by atoms with Crippen molar-refractivity contribution in [2.45, 2.75) is 24.9 Å². The minimum absolute atomic E-state index is 0.0562. The highest BCUT2D eigenvalue weighted by atomic mass is 32.2. The number of alkyl halides is 3. The number of hydrogen-bond donors (Lipinski definition) is 0. The predicted molar refractivity (Wildman–Crippen MR) is 99.3 cm³/mol. The van der Waals surface area contributed by atoms with Crippen molar-refractivity contribution < 1.29 is 40.7 Å². The lowest BCUT2D eigenvalue weighted by molar-refractivity contribution is -0.153. The maximum atomic E-state index is 12.9. The molecule has 30 heavy (non-hydrogen) atoms. The number of sulfonamides is 1. The minimum Gasteiger partial charge on any atom is -0.465 e. The van der Waals surface area contributed by atoms with Crippen LogP contribution < -0.4 is 0 Å². The number of esters is 1. The van der Waals surface area contributed by atoms with Crippen LogP contribution >= 0.6 is 0 Å². The number of ether oxygens (including phenoxy) is 2. The number of nitrogens with zero attached hydrogens (tertiary/aromatic N) is 2. The molecule has 1 heterocycles. The molecule has 0 aromatic heterocycles. The molecule has 168 valence electrons. The van der Waals surface area contributed by atoms with Crippen LogP contribution in [-0.2, 0) is 24.3 Å². The lowest BCUT2D eigenvalue weighted by atomic mass is 10.1. The lowest BCUT2D eigenvalue weighted by Gasteiger charge is -2.27. The Morgan fingerprint density at radius 1 is 1.23 bits per heavy atom. The molecule has 0 unspecified atom stereocenters.